The van der Waals surface area contributed by atoms with Crippen LogP contribution in [-0.4, -0.2) is 77.0 Å². The van der Waals surface area contributed by atoms with E-state index in [9.17, 15) is 13.2 Å². The van der Waals surface area contributed by atoms with Crippen molar-refractivity contribution in [3.8, 4) is 11.5 Å². The molecule has 0 spiro atoms. The number of carbonyl (C=O) groups excluding carboxylic acids is 1. The third-order valence-corrected chi connectivity index (χ3v) is 9.60. The fourth-order valence-electron chi connectivity index (χ4n) is 5.62. The van der Waals surface area contributed by atoms with E-state index in [2.05, 4.69) is 4.90 Å². The standard InChI is InChI=1S/C30H35N3O5S/c1-22-8-7-11-25(18-22)39(35,36)33-20-26(23-9-5-4-6-10-23)27(21-33)30(34)32-16-14-31(15-17-32)28-19-24(37-2)12-13-29(28)38-3/h4-13,18-19,26-27H,14-17,20-21H2,1-3H3/t26-,27+/m0/s1. The van der Waals surface area contributed by atoms with Gasteiger partial charge in [-0.2, -0.15) is 4.31 Å². The van der Waals surface area contributed by atoms with Crippen molar-refractivity contribution >= 4 is 21.6 Å². The molecule has 2 atom stereocenters. The zero-order valence-corrected chi connectivity index (χ0v) is 23.4. The number of rotatable bonds is 7. The van der Waals surface area contributed by atoms with E-state index in [1.54, 1.807) is 32.4 Å². The van der Waals surface area contributed by atoms with Crippen molar-refractivity contribution in [2.24, 2.45) is 5.92 Å². The maximum atomic E-state index is 14.0. The lowest BCUT2D eigenvalue weighted by Gasteiger charge is -2.38. The van der Waals surface area contributed by atoms with E-state index in [1.807, 2.05) is 66.4 Å². The molecule has 206 valence electrons. The first-order valence-electron chi connectivity index (χ1n) is 13.2. The summed E-state index contributed by atoms with van der Waals surface area (Å²) in [5.74, 6) is 0.839. The van der Waals surface area contributed by atoms with Crippen LogP contribution in [-0.2, 0) is 14.8 Å². The molecular formula is C30H35N3O5S. The van der Waals surface area contributed by atoms with Crippen molar-refractivity contribution in [2.45, 2.75) is 17.7 Å². The summed E-state index contributed by atoms with van der Waals surface area (Å²) in [6, 6.07) is 22.4. The molecule has 0 N–H and O–H groups in total. The van der Waals surface area contributed by atoms with Crippen LogP contribution in [0.2, 0.25) is 0 Å². The normalized spacial score (nSPS) is 20.2. The third kappa shape index (κ3) is 5.46. The molecule has 9 heteroatoms. The summed E-state index contributed by atoms with van der Waals surface area (Å²) in [5.41, 5.74) is 2.80. The predicted octanol–water partition coefficient (Wildman–Crippen LogP) is 3.77. The first kappa shape index (κ1) is 27.0. The Hall–Kier alpha value is -3.56. The molecule has 0 aliphatic carbocycles. The van der Waals surface area contributed by atoms with Gasteiger partial charge < -0.3 is 19.3 Å². The van der Waals surface area contributed by atoms with Gasteiger partial charge in [0.1, 0.15) is 11.5 Å². The minimum atomic E-state index is -3.73. The zero-order valence-electron chi connectivity index (χ0n) is 22.6. The van der Waals surface area contributed by atoms with Gasteiger partial charge in [0.15, 0.2) is 0 Å². The number of benzene rings is 3. The highest BCUT2D eigenvalue weighted by Crippen LogP contribution is 2.38. The summed E-state index contributed by atoms with van der Waals surface area (Å²) >= 11 is 0. The maximum Gasteiger partial charge on any atom is 0.243 e. The molecule has 1 amide bonds. The Morgan fingerprint density at radius 3 is 2.26 bits per heavy atom. The Morgan fingerprint density at radius 2 is 1.59 bits per heavy atom. The van der Waals surface area contributed by atoms with Crippen LogP contribution in [0.4, 0.5) is 5.69 Å². The van der Waals surface area contributed by atoms with Crippen LogP contribution in [0.25, 0.3) is 0 Å². The van der Waals surface area contributed by atoms with Gasteiger partial charge in [0.05, 0.1) is 30.7 Å². The van der Waals surface area contributed by atoms with Crippen molar-refractivity contribution in [1.82, 2.24) is 9.21 Å². The number of amides is 1. The minimum absolute atomic E-state index is 0.00283. The quantitative estimate of drug-likeness (QED) is 0.447. The van der Waals surface area contributed by atoms with E-state index in [1.165, 1.54) is 4.31 Å². The second-order valence-corrected chi connectivity index (χ2v) is 12.1. The third-order valence-electron chi connectivity index (χ3n) is 7.78. The molecule has 0 unspecified atom stereocenters. The first-order chi connectivity index (χ1) is 18.8. The Bertz CT molecular complexity index is 1420. The number of nitrogens with zero attached hydrogens (tertiary/aromatic N) is 3. The summed E-state index contributed by atoms with van der Waals surface area (Å²) < 4.78 is 39.6. The zero-order chi connectivity index (χ0) is 27.6. The Balaban J connectivity index is 1.36. The number of carbonyl (C=O) groups is 1. The Morgan fingerprint density at radius 1 is 0.846 bits per heavy atom. The summed E-state index contributed by atoms with van der Waals surface area (Å²) in [5, 5.41) is 0. The van der Waals surface area contributed by atoms with Crippen LogP contribution in [0.15, 0.2) is 77.7 Å². The maximum absolute atomic E-state index is 14.0. The molecule has 2 saturated heterocycles. The van der Waals surface area contributed by atoms with Crippen molar-refractivity contribution in [1.29, 1.82) is 0 Å². The van der Waals surface area contributed by atoms with Crippen LogP contribution in [0, 0.1) is 12.8 Å². The van der Waals surface area contributed by atoms with E-state index in [4.69, 9.17) is 9.47 Å². The molecule has 0 aromatic heterocycles. The molecule has 5 rings (SSSR count). The highest BCUT2D eigenvalue weighted by molar-refractivity contribution is 7.89. The molecule has 39 heavy (non-hydrogen) atoms. The highest BCUT2D eigenvalue weighted by Gasteiger charge is 2.45. The van der Waals surface area contributed by atoms with Gasteiger partial charge in [0.2, 0.25) is 15.9 Å². The molecule has 8 nitrogen and oxygen atoms in total. The number of ether oxygens (including phenoxy) is 2. The van der Waals surface area contributed by atoms with Crippen molar-refractivity contribution in [2.75, 3.05) is 58.4 Å². The van der Waals surface area contributed by atoms with Crippen LogP contribution < -0.4 is 14.4 Å². The van der Waals surface area contributed by atoms with E-state index in [-0.39, 0.29) is 29.8 Å². The number of aryl methyl sites for hydroxylation is 1. The average Bonchev–Trinajstić information content (AvgIpc) is 3.43. The SMILES string of the molecule is COc1ccc(OC)c(N2CCN(C(=O)[C@@H]3CN(S(=O)(=O)c4cccc(C)c4)C[C@H]3c3ccccc3)CC2)c1. The van der Waals surface area contributed by atoms with Crippen LogP contribution >= 0.6 is 0 Å². The van der Waals surface area contributed by atoms with Gasteiger partial charge in [0.25, 0.3) is 0 Å². The number of sulfonamides is 1. The number of anilines is 1. The Labute approximate surface area is 230 Å². The number of hydrogen-bond donors (Lipinski definition) is 0. The smallest absolute Gasteiger partial charge is 0.243 e. The first-order valence-corrected chi connectivity index (χ1v) is 14.6. The van der Waals surface area contributed by atoms with E-state index in [0.717, 1.165) is 28.3 Å². The fourth-order valence-corrected chi connectivity index (χ4v) is 7.22. The van der Waals surface area contributed by atoms with Gasteiger partial charge in [-0.25, -0.2) is 8.42 Å². The summed E-state index contributed by atoms with van der Waals surface area (Å²) in [6.07, 6.45) is 0. The predicted molar refractivity (Wildman–Crippen MR) is 151 cm³/mol. The van der Waals surface area contributed by atoms with E-state index >= 15 is 0 Å². The molecule has 2 fully saturated rings. The van der Waals surface area contributed by atoms with Crippen LogP contribution in [0.3, 0.4) is 0 Å². The van der Waals surface area contributed by atoms with E-state index in [0.29, 0.717) is 26.2 Å². The number of methoxy groups -OCH3 is 2. The molecular weight excluding hydrogens is 514 g/mol. The van der Waals surface area contributed by atoms with Gasteiger partial charge in [-0.05, 0) is 42.3 Å². The number of piperazine rings is 1. The van der Waals surface area contributed by atoms with Crippen molar-refractivity contribution < 1.29 is 22.7 Å². The summed E-state index contributed by atoms with van der Waals surface area (Å²) in [6.45, 7) is 4.69. The lowest BCUT2D eigenvalue weighted by atomic mass is 9.88. The topological polar surface area (TPSA) is 79.4 Å². The molecule has 2 heterocycles. The monoisotopic (exact) mass is 549 g/mol. The molecule has 2 aliphatic rings. The van der Waals surface area contributed by atoms with Gasteiger partial charge >= 0.3 is 0 Å². The second-order valence-electron chi connectivity index (χ2n) is 10.1. The fraction of sp³-hybridized carbons (Fsp3) is 0.367. The average molecular weight is 550 g/mol. The van der Waals surface area contributed by atoms with Crippen molar-refractivity contribution in [3.05, 3.63) is 83.9 Å². The van der Waals surface area contributed by atoms with Gasteiger partial charge in [-0.3, -0.25) is 4.79 Å². The minimum Gasteiger partial charge on any atom is -0.497 e. The molecule has 0 bridgehead atoms. The molecule has 0 saturated carbocycles. The molecule has 3 aromatic carbocycles. The number of hydrogen-bond acceptors (Lipinski definition) is 6. The molecule has 3 aromatic rings. The van der Waals surface area contributed by atoms with Crippen molar-refractivity contribution in [3.63, 3.8) is 0 Å². The highest BCUT2D eigenvalue weighted by atomic mass is 32.2. The van der Waals surface area contributed by atoms with Gasteiger partial charge in [-0.15, -0.1) is 0 Å². The van der Waals surface area contributed by atoms with Gasteiger partial charge in [0, 0.05) is 51.3 Å². The van der Waals surface area contributed by atoms with Crippen LogP contribution in [0.5, 0.6) is 11.5 Å². The van der Waals surface area contributed by atoms with Crippen LogP contribution in [0.1, 0.15) is 17.0 Å². The second kappa shape index (κ2) is 11.3. The Kier molecular flexibility index (Phi) is 7.81. The summed E-state index contributed by atoms with van der Waals surface area (Å²) in [4.78, 5) is 18.3. The lowest BCUT2D eigenvalue weighted by molar-refractivity contribution is -0.135. The largest absolute Gasteiger partial charge is 0.497 e. The van der Waals surface area contributed by atoms with E-state index < -0.39 is 15.9 Å². The molecule has 0 radical (unpaired) electrons. The van der Waals surface area contributed by atoms with Gasteiger partial charge in [-0.1, -0.05) is 42.5 Å². The summed E-state index contributed by atoms with van der Waals surface area (Å²) in [7, 11) is -0.451. The lowest BCUT2D eigenvalue weighted by Crippen LogP contribution is -2.51. The molecule has 2 aliphatic heterocycles.